The van der Waals surface area contributed by atoms with Crippen LogP contribution in [0.25, 0.3) is 22.8 Å². The van der Waals surface area contributed by atoms with Gasteiger partial charge in [-0.15, -0.1) is 0 Å². The normalized spacial score (nSPS) is 24.3. The Kier molecular flexibility index (Phi) is 5.54. The zero-order valence-electron chi connectivity index (χ0n) is 18.8. The van der Waals surface area contributed by atoms with Crippen LogP contribution in [0.5, 0.6) is 0 Å². The summed E-state index contributed by atoms with van der Waals surface area (Å²) in [6, 6.07) is 14.1. The number of fused-ring (bicyclic) bond motifs is 3. The highest BCUT2D eigenvalue weighted by Gasteiger charge is 2.29. The summed E-state index contributed by atoms with van der Waals surface area (Å²) in [4.78, 5) is 0. The molecule has 0 saturated heterocycles. The molecule has 0 fully saturated rings. The van der Waals surface area contributed by atoms with Crippen molar-refractivity contribution in [3.63, 3.8) is 0 Å². The minimum Gasteiger partial charge on any atom is -0.317 e. The van der Waals surface area contributed by atoms with Crippen molar-refractivity contribution in [2.75, 3.05) is 7.05 Å². The van der Waals surface area contributed by atoms with Gasteiger partial charge in [-0.05, 0) is 89.9 Å². The van der Waals surface area contributed by atoms with Crippen LogP contribution in [-0.2, 0) is 6.42 Å². The molecule has 0 heterocycles. The van der Waals surface area contributed by atoms with Gasteiger partial charge in [0.1, 0.15) is 0 Å². The van der Waals surface area contributed by atoms with Crippen molar-refractivity contribution in [1.29, 1.82) is 0 Å². The van der Waals surface area contributed by atoms with E-state index in [0.29, 0.717) is 17.9 Å². The second kappa shape index (κ2) is 8.48. The van der Waals surface area contributed by atoms with E-state index in [0.717, 1.165) is 6.42 Å². The predicted octanol–water partition coefficient (Wildman–Crippen LogP) is 7.19. The Labute approximate surface area is 187 Å². The predicted molar refractivity (Wildman–Crippen MR) is 134 cm³/mol. The molecule has 5 rings (SSSR count). The van der Waals surface area contributed by atoms with Gasteiger partial charge < -0.3 is 5.32 Å². The van der Waals surface area contributed by atoms with Gasteiger partial charge in [-0.25, -0.2) is 0 Å². The van der Waals surface area contributed by atoms with E-state index >= 15 is 0 Å². The molecular weight excluding hydrogens is 374 g/mol. The lowest BCUT2D eigenvalue weighted by molar-refractivity contribution is 0.465. The van der Waals surface area contributed by atoms with E-state index in [4.69, 9.17) is 0 Å². The molecule has 0 aromatic heterocycles. The molecule has 3 aliphatic carbocycles. The molecule has 0 bridgehead atoms. The second-order valence-electron chi connectivity index (χ2n) is 9.38. The van der Waals surface area contributed by atoms with Crippen LogP contribution in [0.3, 0.4) is 0 Å². The molecule has 0 aliphatic heterocycles. The lowest BCUT2D eigenvalue weighted by atomic mass is 9.74. The van der Waals surface area contributed by atoms with E-state index in [2.05, 4.69) is 86.6 Å². The molecule has 3 unspecified atom stereocenters. The highest BCUT2D eigenvalue weighted by molar-refractivity contribution is 5.88. The minimum atomic E-state index is 0.502. The van der Waals surface area contributed by atoms with Gasteiger partial charge in [-0.2, -0.15) is 0 Å². The molecule has 1 N–H and O–H groups in total. The topological polar surface area (TPSA) is 12.0 Å². The maximum atomic E-state index is 4.15. The van der Waals surface area contributed by atoms with Gasteiger partial charge in [-0.1, -0.05) is 85.9 Å². The molecule has 2 aromatic rings. The number of allylic oxidation sites excluding steroid dienone is 5. The maximum Gasteiger partial charge on any atom is 0.0102 e. The first kappa shape index (κ1) is 20.3. The van der Waals surface area contributed by atoms with E-state index in [1.54, 1.807) is 5.57 Å². The van der Waals surface area contributed by atoms with Crippen molar-refractivity contribution in [3.8, 4) is 11.1 Å². The quantitative estimate of drug-likeness (QED) is 0.441. The standard InChI is InChI=1S/C30H33N/c1-4-22-14-17-28-27-10-6-5-8-24(27)19-29(28)30(22)26-11-7-9-23(20(26)2)18-21-12-15-25(31-3)16-13-21/h4-12,14,17,20,23,25,31H,1,13,15-16,18-19H2,2-3H3. The second-order valence-corrected chi connectivity index (χ2v) is 9.38. The van der Waals surface area contributed by atoms with Crippen LogP contribution in [0, 0.1) is 11.8 Å². The molecule has 0 amide bonds. The zero-order valence-corrected chi connectivity index (χ0v) is 18.8. The summed E-state index contributed by atoms with van der Waals surface area (Å²) in [6.45, 7) is 6.58. The average Bonchev–Trinajstić information content (AvgIpc) is 3.19. The summed E-state index contributed by atoms with van der Waals surface area (Å²) in [5, 5.41) is 3.43. The van der Waals surface area contributed by atoms with Crippen LogP contribution in [0.2, 0.25) is 0 Å². The lowest BCUT2D eigenvalue weighted by Gasteiger charge is -2.31. The molecule has 0 spiro atoms. The van der Waals surface area contributed by atoms with E-state index in [1.807, 2.05) is 6.08 Å². The molecule has 3 atom stereocenters. The van der Waals surface area contributed by atoms with Gasteiger partial charge >= 0.3 is 0 Å². The first-order valence-electron chi connectivity index (χ1n) is 11.8. The summed E-state index contributed by atoms with van der Waals surface area (Å²) in [7, 11) is 2.08. The van der Waals surface area contributed by atoms with Crippen molar-refractivity contribution in [2.24, 2.45) is 11.8 Å². The van der Waals surface area contributed by atoms with Crippen molar-refractivity contribution in [2.45, 2.75) is 45.1 Å². The number of hydrogen-bond donors (Lipinski definition) is 1. The molecule has 158 valence electrons. The van der Waals surface area contributed by atoms with Gasteiger partial charge in [0.2, 0.25) is 0 Å². The smallest absolute Gasteiger partial charge is 0.0102 e. The van der Waals surface area contributed by atoms with Gasteiger partial charge in [-0.3, -0.25) is 0 Å². The Morgan fingerprint density at radius 2 is 2.00 bits per heavy atom. The Bertz CT molecular complexity index is 1100. The Morgan fingerprint density at radius 1 is 1.13 bits per heavy atom. The summed E-state index contributed by atoms with van der Waals surface area (Å²) in [5.74, 6) is 1.07. The molecule has 1 nitrogen and oxygen atoms in total. The SMILES string of the molecule is C=Cc1ccc2c(c1C1=CC=CC(CC3=CCC(NC)CC3)C1C)Cc1ccccc1-2. The van der Waals surface area contributed by atoms with Crippen molar-refractivity contribution in [3.05, 3.63) is 95.1 Å². The molecule has 3 aliphatic rings. The van der Waals surface area contributed by atoms with Gasteiger partial charge in [0.05, 0.1) is 0 Å². The molecule has 2 aromatic carbocycles. The van der Waals surface area contributed by atoms with Crippen LogP contribution in [-0.4, -0.2) is 13.1 Å². The highest BCUT2D eigenvalue weighted by Crippen LogP contribution is 2.46. The van der Waals surface area contributed by atoms with Crippen molar-refractivity contribution >= 4 is 11.6 Å². The molecule has 1 heteroatoms. The summed E-state index contributed by atoms with van der Waals surface area (Å²) in [6.07, 6.45) is 17.5. The first-order valence-corrected chi connectivity index (χ1v) is 11.8. The first-order chi connectivity index (χ1) is 15.2. The van der Waals surface area contributed by atoms with E-state index in [-0.39, 0.29) is 0 Å². The summed E-state index contributed by atoms with van der Waals surface area (Å²) >= 11 is 0. The minimum absolute atomic E-state index is 0.502. The third-order valence-electron chi connectivity index (χ3n) is 7.71. The monoisotopic (exact) mass is 407 g/mol. The van der Waals surface area contributed by atoms with E-state index in [1.165, 1.54) is 64.6 Å². The summed E-state index contributed by atoms with van der Waals surface area (Å²) < 4.78 is 0. The van der Waals surface area contributed by atoms with E-state index < -0.39 is 0 Å². The van der Waals surface area contributed by atoms with Crippen molar-refractivity contribution in [1.82, 2.24) is 5.32 Å². The van der Waals surface area contributed by atoms with Crippen LogP contribution in [0.4, 0.5) is 0 Å². The fourth-order valence-electron chi connectivity index (χ4n) is 5.79. The van der Waals surface area contributed by atoms with Crippen LogP contribution >= 0.6 is 0 Å². The largest absolute Gasteiger partial charge is 0.317 e. The van der Waals surface area contributed by atoms with Crippen LogP contribution in [0.15, 0.2) is 72.9 Å². The van der Waals surface area contributed by atoms with Crippen LogP contribution < -0.4 is 5.32 Å². The lowest BCUT2D eigenvalue weighted by Crippen LogP contribution is -2.27. The third-order valence-corrected chi connectivity index (χ3v) is 7.71. The maximum absolute atomic E-state index is 4.15. The fraction of sp³-hybridized carbons (Fsp3) is 0.333. The molecule has 0 saturated carbocycles. The van der Waals surface area contributed by atoms with Crippen molar-refractivity contribution < 1.29 is 0 Å². The third kappa shape index (κ3) is 3.66. The number of nitrogens with one attached hydrogen (secondary N) is 1. The Balaban J connectivity index is 1.47. The molecule has 0 radical (unpaired) electrons. The Morgan fingerprint density at radius 3 is 2.77 bits per heavy atom. The number of hydrogen-bond acceptors (Lipinski definition) is 1. The fourth-order valence-corrected chi connectivity index (χ4v) is 5.79. The highest BCUT2D eigenvalue weighted by atomic mass is 14.9. The summed E-state index contributed by atoms with van der Waals surface area (Å²) in [5.41, 5.74) is 11.6. The van der Waals surface area contributed by atoms with Crippen LogP contribution in [0.1, 0.15) is 54.9 Å². The molecule has 31 heavy (non-hydrogen) atoms. The number of benzene rings is 2. The Hall–Kier alpha value is -2.64. The zero-order chi connectivity index (χ0) is 21.4. The molecular formula is C30H33N. The van der Waals surface area contributed by atoms with Gasteiger partial charge in [0, 0.05) is 6.04 Å². The average molecular weight is 408 g/mol. The van der Waals surface area contributed by atoms with Gasteiger partial charge in [0.25, 0.3) is 0 Å². The van der Waals surface area contributed by atoms with E-state index in [9.17, 15) is 0 Å². The van der Waals surface area contributed by atoms with Gasteiger partial charge in [0.15, 0.2) is 0 Å². The number of rotatable bonds is 5.